The van der Waals surface area contributed by atoms with Gasteiger partial charge < -0.3 is 4.74 Å². The van der Waals surface area contributed by atoms with Crippen LogP contribution in [-0.2, 0) is 10.0 Å². The Morgan fingerprint density at radius 1 is 1.15 bits per heavy atom. The molecule has 2 aromatic heterocycles. The second-order valence-electron chi connectivity index (χ2n) is 7.50. The van der Waals surface area contributed by atoms with Crippen LogP contribution in [0.4, 0.5) is 5.69 Å². The normalized spacial score (nSPS) is 11.4. The molecule has 11 heteroatoms. The van der Waals surface area contributed by atoms with Gasteiger partial charge in [-0.2, -0.15) is 0 Å². The molecular weight excluding hydrogens is 476 g/mol. The average molecular weight is 499 g/mol. The molecule has 2 heterocycles. The maximum atomic E-state index is 13.3. The van der Waals surface area contributed by atoms with E-state index in [0.29, 0.717) is 33.0 Å². The third-order valence-corrected chi connectivity index (χ3v) is 7.99. The molecule has 0 unspecified atom stereocenters. The van der Waals surface area contributed by atoms with E-state index in [1.165, 1.54) is 37.6 Å². The molecule has 4 aromatic rings. The maximum absolute atomic E-state index is 13.3. The first-order valence-corrected chi connectivity index (χ1v) is 12.5. The number of nitrogens with zero attached hydrogens (tertiary/aromatic N) is 3. The van der Waals surface area contributed by atoms with Gasteiger partial charge >= 0.3 is 0 Å². The van der Waals surface area contributed by atoms with Crippen molar-refractivity contribution in [2.24, 2.45) is 0 Å². The number of para-hydroxylation sites is 2. The predicted octanol–water partition coefficient (Wildman–Crippen LogP) is 3.29. The zero-order valence-corrected chi connectivity index (χ0v) is 20.5. The Balaban J connectivity index is 1.71. The standard InChI is InChI=1S/C23H22N4O5S2/c1-14-9-10-16(34(30,31)26(3)19-7-5-6-8-20(19)32-4)13-18(14)21(28)25-27-15(2)24-22-17(23(27)29)11-12-33-22/h5-13H,1-4H3,(H,25,28). The van der Waals surface area contributed by atoms with Gasteiger partial charge in [0.2, 0.25) is 0 Å². The number of benzene rings is 2. The second kappa shape index (κ2) is 8.92. The molecule has 0 aliphatic heterocycles. The number of sulfonamides is 1. The van der Waals surface area contributed by atoms with Gasteiger partial charge in [0, 0.05) is 12.6 Å². The summed E-state index contributed by atoms with van der Waals surface area (Å²) in [7, 11) is -1.14. The number of carbonyl (C=O) groups is 1. The summed E-state index contributed by atoms with van der Waals surface area (Å²) in [5.74, 6) is 0.0755. The van der Waals surface area contributed by atoms with E-state index in [4.69, 9.17) is 4.74 Å². The molecule has 0 bridgehead atoms. The van der Waals surface area contributed by atoms with E-state index >= 15 is 0 Å². The minimum atomic E-state index is -4.01. The van der Waals surface area contributed by atoms with Crippen molar-refractivity contribution in [3.8, 4) is 5.75 Å². The molecule has 0 saturated heterocycles. The fourth-order valence-corrected chi connectivity index (χ4v) is 5.53. The van der Waals surface area contributed by atoms with Crippen LogP contribution in [-0.4, -0.2) is 38.1 Å². The highest BCUT2D eigenvalue weighted by Crippen LogP contribution is 2.31. The van der Waals surface area contributed by atoms with E-state index in [1.807, 2.05) is 0 Å². The Morgan fingerprint density at radius 3 is 2.62 bits per heavy atom. The Hall–Kier alpha value is -3.70. The maximum Gasteiger partial charge on any atom is 0.281 e. The van der Waals surface area contributed by atoms with Gasteiger partial charge in [-0.1, -0.05) is 18.2 Å². The summed E-state index contributed by atoms with van der Waals surface area (Å²) in [5.41, 5.74) is 3.17. The number of nitrogens with one attached hydrogen (secondary N) is 1. The molecule has 1 amide bonds. The molecule has 0 saturated carbocycles. The minimum absolute atomic E-state index is 0.0767. The molecule has 0 radical (unpaired) electrons. The lowest BCUT2D eigenvalue weighted by Crippen LogP contribution is -2.35. The number of hydrogen-bond acceptors (Lipinski definition) is 7. The predicted molar refractivity (Wildman–Crippen MR) is 132 cm³/mol. The second-order valence-corrected chi connectivity index (χ2v) is 10.4. The van der Waals surface area contributed by atoms with E-state index in [-0.39, 0.29) is 10.5 Å². The van der Waals surface area contributed by atoms with Crippen LogP contribution in [0.25, 0.3) is 10.2 Å². The van der Waals surface area contributed by atoms with Crippen molar-refractivity contribution in [1.82, 2.24) is 9.66 Å². The first-order valence-electron chi connectivity index (χ1n) is 10.2. The van der Waals surface area contributed by atoms with Crippen LogP contribution in [0.15, 0.2) is 63.6 Å². The smallest absolute Gasteiger partial charge is 0.281 e. The van der Waals surface area contributed by atoms with Crippen LogP contribution < -0.4 is 20.0 Å². The highest BCUT2D eigenvalue weighted by molar-refractivity contribution is 7.92. The Bertz CT molecular complexity index is 1570. The number of fused-ring (bicyclic) bond motifs is 1. The number of ether oxygens (including phenoxy) is 1. The molecule has 0 aliphatic rings. The fourth-order valence-electron chi connectivity index (χ4n) is 3.49. The summed E-state index contributed by atoms with van der Waals surface area (Å²) >= 11 is 1.33. The van der Waals surface area contributed by atoms with Crippen molar-refractivity contribution < 1.29 is 17.9 Å². The molecule has 0 atom stereocenters. The van der Waals surface area contributed by atoms with Crippen molar-refractivity contribution in [1.29, 1.82) is 0 Å². The van der Waals surface area contributed by atoms with Crippen molar-refractivity contribution in [2.45, 2.75) is 18.7 Å². The van der Waals surface area contributed by atoms with Crippen LogP contribution in [0.1, 0.15) is 21.7 Å². The van der Waals surface area contributed by atoms with Gasteiger partial charge in [0.05, 0.1) is 23.1 Å². The van der Waals surface area contributed by atoms with E-state index < -0.39 is 21.5 Å². The molecule has 34 heavy (non-hydrogen) atoms. The zero-order valence-electron chi connectivity index (χ0n) is 18.9. The van der Waals surface area contributed by atoms with Crippen molar-refractivity contribution in [2.75, 3.05) is 23.9 Å². The summed E-state index contributed by atoms with van der Waals surface area (Å²) in [5, 5.41) is 2.14. The van der Waals surface area contributed by atoms with Crippen molar-refractivity contribution in [3.05, 3.63) is 81.2 Å². The summed E-state index contributed by atoms with van der Waals surface area (Å²) in [6, 6.07) is 12.7. The third-order valence-electron chi connectivity index (χ3n) is 5.42. The lowest BCUT2D eigenvalue weighted by atomic mass is 10.1. The van der Waals surface area contributed by atoms with Gasteiger partial charge in [0.1, 0.15) is 16.4 Å². The highest BCUT2D eigenvalue weighted by Gasteiger charge is 2.25. The SMILES string of the molecule is COc1ccccc1N(C)S(=O)(=O)c1ccc(C)c(C(=O)Nn2c(C)nc3sccc3c2=O)c1. The number of rotatable bonds is 6. The Labute approximate surface area is 200 Å². The summed E-state index contributed by atoms with van der Waals surface area (Å²) < 4.78 is 34.1. The van der Waals surface area contributed by atoms with Gasteiger partial charge in [0.25, 0.3) is 21.5 Å². The largest absolute Gasteiger partial charge is 0.495 e. The Morgan fingerprint density at radius 2 is 1.88 bits per heavy atom. The van der Waals surface area contributed by atoms with Crippen LogP contribution in [0.2, 0.25) is 0 Å². The van der Waals surface area contributed by atoms with Gasteiger partial charge in [-0.3, -0.25) is 19.3 Å². The van der Waals surface area contributed by atoms with Crippen LogP contribution in [0.5, 0.6) is 5.75 Å². The third kappa shape index (κ3) is 4.03. The fraction of sp³-hybridized carbons (Fsp3) is 0.174. The molecule has 0 spiro atoms. The van der Waals surface area contributed by atoms with Crippen LogP contribution in [0, 0.1) is 13.8 Å². The highest BCUT2D eigenvalue weighted by atomic mass is 32.2. The number of anilines is 1. The minimum Gasteiger partial charge on any atom is -0.495 e. The quantitative estimate of drug-likeness (QED) is 0.437. The molecule has 9 nitrogen and oxygen atoms in total. The molecule has 1 N–H and O–H groups in total. The monoisotopic (exact) mass is 498 g/mol. The van der Waals surface area contributed by atoms with Crippen LogP contribution in [0.3, 0.4) is 0 Å². The molecule has 2 aromatic carbocycles. The lowest BCUT2D eigenvalue weighted by Gasteiger charge is -2.22. The summed E-state index contributed by atoms with van der Waals surface area (Å²) in [4.78, 5) is 30.8. The first-order chi connectivity index (χ1) is 16.1. The van der Waals surface area contributed by atoms with Crippen molar-refractivity contribution in [3.63, 3.8) is 0 Å². The molecule has 4 rings (SSSR count). The van der Waals surface area contributed by atoms with E-state index in [2.05, 4.69) is 10.4 Å². The van der Waals surface area contributed by atoms with Gasteiger partial charge in [-0.25, -0.2) is 18.1 Å². The van der Waals surface area contributed by atoms with E-state index in [1.54, 1.807) is 55.6 Å². The summed E-state index contributed by atoms with van der Waals surface area (Å²) in [6.45, 7) is 3.29. The number of carbonyl (C=O) groups excluding carboxylic acids is 1. The first kappa shape index (κ1) is 23.5. The Kier molecular flexibility index (Phi) is 6.15. The molecule has 0 aliphatic carbocycles. The number of amides is 1. The molecule has 0 fully saturated rings. The van der Waals surface area contributed by atoms with E-state index in [0.717, 1.165) is 8.98 Å². The summed E-state index contributed by atoms with van der Waals surface area (Å²) in [6.07, 6.45) is 0. The average Bonchev–Trinajstić information content (AvgIpc) is 3.29. The van der Waals surface area contributed by atoms with Gasteiger partial charge in [-0.15, -0.1) is 11.3 Å². The number of hydrogen-bond donors (Lipinski definition) is 1. The van der Waals surface area contributed by atoms with Gasteiger partial charge in [0.15, 0.2) is 0 Å². The topological polar surface area (TPSA) is 111 Å². The van der Waals surface area contributed by atoms with Crippen LogP contribution >= 0.6 is 11.3 Å². The number of aromatic nitrogens is 2. The number of methoxy groups -OCH3 is 1. The number of thiophene rings is 1. The molecule has 176 valence electrons. The van der Waals surface area contributed by atoms with Crippen molar-refractivity contribution >= 4 is 43.2 Å². The van der Waals surface area contributed by atoms with E-state index in [9.17, 15) is 18.0 Å². The zero-order chi connectivity index (χ0) is 24.6. The molecular formula is C23H22N4O5S2. The number of aryl methyl sites for hydroxylation is 2. The van der Waals surface area contributed by atoms with Gasteiger partial charge in [-0.05, 0) is 55.1 Å². The lowest BCUT2D eigenvalue weighted by molar-refractivity contribution is 0.101.